The standard InChI is InChI=1S/C30H38O5/c1-3-5-13-19-31-27-25(21-23-15-9-7-10-16-23)34-26-22-33-30(24-17-11-8-12-18-24)35-28(26)29(27)32-20-14-6-4-2/h3-4,7-12,15-18,25-30H,1-2,5-6,13-14,19-22H2/t25-,26+,27-,28+,29+,30+/m0/s1. The third kappa shape index (κ3) is 7.12. The van der Waals surface area contributed by atoms with Crippen molar-refractivity contribution in [3.8, 4) is 0 Å². The molecule has 0 radical (unpaired) electrons. The molecule has 0 unspecified atom stereocenters. The van der Waals surface area contributed by atoms with Crippen molar-refractivity contribution in [2.45, 2.75) is 68.9 Å². The fourth-order valence-corrected chi connectivity index (χ4v) is 4.73. The average molecular weight is 479 g/mol. The molecule has 4 rings (SSSR count). The first kappa shape index (κ1) is 25.8. The van der Waals surface area contributed by atoms with Gasteiger partial charge in [0.15, 0.2) is 6.29 Å². The molecule has 2 aromatic carbocycles. The Hall–Kier alpha value is -2.28. The van der Waals surface area contributed by atoms with E-state index in [0.717, 1.165) is 37.7 Å². The van der Waals surface area contributed by atoms with E-state index in [1.165, 1.54) is 5.56 Å². The zero-order valence-electron chi connectivity index (χ0n) is 20.5. The largest absolute Gasteiger partial charge is 0.373 e. The van der Waals surface area contributed by atoms with Gasteiger partial charge >= 0.3 is 0 Å². The zero-order valence-corrected chi connectivity index (χ0v) is 20.5. The summed E-state index contributed by atoms with van der Waals surface area (Å²) in [6.45, 7) is 9.35. The number of allylic oxidation sites excluding steroid dienone is 2. The first-order valence-corrected chi connectivity index (χ1v) is 12.8. The van der Waals surface area contributed by atoms with Crippen LogP contribution in [-0.4, -0.2) is 50.3 Å². The van der Waals surface area contributed by atoms with Crippen molar-refractivity contribution in [2.24, 2.45) is 0 Å². The van der Waals surface area contributed by atoms with Gasteiger partial charge in [-0.2, -0.15) is 0 Å². The molecule has 5 nitrogen and oxygen atoms in total. The van der Waals surface area contributed by atoms with Crippen LogP contribution in [0.5, 0.6) is 0 Å². The molecule has 2 aliphatic heterocycles. The summed E-state index contributed by atoms with van der Waals surface area (Å²) in [5.74, 6) is 0. The SMILES string of the molecule is C=CCCCO[C@@H]1[C@@H](OCCCC=C)[C@H](Cc2ccccc2)O[C@@H]2CO[C@@H](c3ccccc3)O[C@@H]12. The second-order valence-electron chi connectivity index (χ2n) is 9.11. The van der Waals surface area contributed by atoms with E-state index in [9.17, 15) is 0 Å². The van der Waals surface area contributed by atoms with Crippen LogP contribution in [0.1, 0.15) is 43.1 Å². The maximum absolute atomic E-state index is 6.61. The topological polar surface area (TPSA) is 46.2 Å². The van der Waals surface area contributed by atoms with Crippen molar-refractivity contribution in [1.82, 2.24) is 0 Å². The molecule has 0 aliphatic carbocycles. The molecule has 2 aliphatic rings. The highest BCUT2D eigenvalue weighted by molar-refractivity contribution is 5.18. The van der Waals surface area contributed by atoms with Gasteiger partial charge in [0.2, 0.25) is 0 Å². The van der Waals surface area contributed by atoms with Gasteiger partial charge < -0.3 is 23.7 Å². The molecule has 2 saturated heterocycles. The highest BCUT2D eigenvalue weighted by Crippen LogP contribution is 2.37. The van der Waals surface area contributed by atoms with Gasteiger partial charge in [-0.15, -0.1) is 13.2 Å². The highest BCUT2D eigenvalue weighted by atomic mass is 16.7. The van der Waals surface area contributed by atoms with E-state index in [1.54, 1.807) is 0 Å². The number of hydrogen-bond donors (Lipinski definition) is 0. The van der Waals surface area contributed by atoms with Crippen LogP contribution in [0.3, 0.4) is 0 Å². The molecule has 2 fully saturated rings. The number of fused-ring (bicyclic) bond motifs is 1. The van der Waals surface area contributed by atoms with Crippen LogP contribution < -0.4 is 0 Å². The number of benzene rings is 2. The molecule has 0 amide bonds. The third-order valence-corrected chi connectivity index (χ3v) is 6.50. The van der Waals surface area contributed by atoms with Crippen molar-refractivity contribution >= 4 is 0 Å². The quantitative estimate of drug-likeness (QED) is 0.268. The van der Waals surface area contributed by atoms with Crippen molar-refractivity contribution < 1.29 is 23.7 Å². The third-order valence-electron chi connectivity index (χ3n) is 6.50. The number of ether oxygens (including phenoxy) is 5. The van der Waals surface area contributed by atoms with Crippen LogP contribution in [0.2, 0.25) is 0 Å². The summed E-state index contributed by atoms with van der Waals surface area (Å²) in [6.07, 6.45) is 6.60. The van der Waals surface area contributed by atoms with E-state index < -0.39 is 6.29 Å². The van der Waals surface area contributed by atoms with E-state index in [1.807, 2.05) is 48.6 Å². The monoisotopic (exact) mass is 478 g/mol. The van der Waals surface area contributed by atoms with Crippen LogP contribution in [0.25, 0.3) is 0 Å². The molecule has 0 bridgehead atoms. The van der Waals surface area contributed by atoms with Crippen molar-refractivity contribution in [1.29, 1.82) is 0 Å². The lowest BCUT2D eigenvalue weighted by atomic mass is 9.90. The second-order valence-corrected chi connectivity index (χ2v) is 9.11. The molecular weight excluding hydrogens is 440 g/mol. The first-order chi connectivity index (χ1) is 17.3. The molecule has 0 N–H and O–H groups in total. The lowest BCUT2D eigenvalue weighted by Crippen LogP contribution is -2.63. The number of rotatable bonds is 13. The molecule has 188 valence electrons. The van der Waals surface area contributed by atoms with E-state index in [2.05, 4.69) is 37.4 Å². The Morgan fingerprint density at radius 1 is 0.800 bits per heavy atom. The highest BCUT2D eigenvalue weighted by Gasteiger charge is 2.51. The minimum Gasteiger partial charge on any atom is -0.373 e. The predicted octanol–water partition coefficient (Wildman–Crippen LogP) is 5.81. The average Bonchev–Trinajstić information content (AvgIpc) is 2.90. The number of hydrogen-bond acceptors (Lipinski definition) is 5. The Bertz CT molecular complexity index is 886. The van der Waals surface area contributed by atoms with Crippen LogP contribution in [0, 0.1) is 0 Å². The summed E-state index contributed by atoms with van der Waals surface area (Å²) in [6, 6.07) is 20.4. The van der Waals surface area contributed by atoms with Gasteiger partial charge in [0.05, 0.1) is 12.7 Å². The Morgan fingerprint density at radius 2 is 1.43 bits per heavy atom. The van der Waals surface area contributed by atoms with Gasteiger partial charge in [0.1, 0.15) is 24.4 Å². The van der Waals surface area contributed by atoms with Gasteiger partial charge in [-0.1, -0.05) is 72.8 Å². The molecular formula is C30H38O5. The molecule has 0 saturated carbocycles. The van der Waals surface area contributed by atoms with Crippen LogP contribution in [0.4, 0.5) is 0 Å². The molecule has 0 aromatic heterocycles. The summed E-state index contributed by atoms with van der Waals surface area (Å²) < 4.78 is 32.2. The Morgan fingerprint density at radius 3 is 2.09 bits per heavy atom. The van der Waals surface area contributed by atoms with Crippen molar-refractivity contribution in [3.63, 3.8) is 0 Å². The van der Waals surface area contributed by atoms with Gasteiger partial charge in [-0.05, 0) is 31.2 Å². The minimum absolute atomic E-state index is 0.160. The molecule has 6 atom stereocenters. The second kappa shape index (κ2) is 13.7. The van der Waals surface area contributed by atoms with Gasteiger partial charge in [0, 0.05) is 25.2 Å². The fourth-order valence-electron chi connectivity index (χ4n) is 4.73. The maximum Gasteiger partial charge on any atom is 0.184 e. The van der Waals surface area contributed by atoms with E-state index in [-0.39, 0.29) is 30.5 Å². The van der Waals surface area contributed by atoms with Crippen LogP contribution >= 0.6 is 0 Å². The van der Waals surface area contributed by atoms with E-state index in [0.29, 0.717) is 19.8 Å². The fraction of sp³-hybridized carbons (Fsp3) is 0.467. The number of unbranched alkanes of at least 4 members (excludes halogenated alkanes) is 2. The molecule has 2 aromatic rings. The lowest BCUT2D eigenvalue weighted by Gasteiger charge is -2.49. The molecule has 35 heavy (non-hydrogen) atoms. The van der Waals surface area contributed by atoms with Crippen molar-refractivity contribution in [2.75, 3.05) is 19.8 Å². The Balaban J connectivity index is 1.56. The summed E-state index contributed by atoms with van der Waals surface area (Å²) in [5.41, 5.74) is 2.20. The molecule has 0 spiro atoms. The summed E-state index contributed by atoms with van der Waals surface area (Å²) in [5, 5.41) is 0. The van der Waals surface area contributed by atoms with Gasteiger partial charge in [0.25, 0.3) is 0 Å². The minimum atomic E-state index is -0.451. The Kier molecular flexibility index (Phi) is 10.1. The normalized spacial score (nSPS) is 28.2. The summed E-state index contributed by atoms with van der Waals surface area (Å²) in [4.78, 5) is 0. The van der Waals surface area contributed by atoms with Crippen LogP contribution in [0.15, 0.2) is 86.0 Å². The van der Waals surface area contributed by atoms with Gasteiger partial charge in [-0.25, -0.2) is 0 Å². The Labute approximate surface area is 209 Å². The zero-order chi connectivity index (χ0) is 24.3. The van der Waals surface area contributed by atoms with E-state index in [4.69, 9.17) is 23.7 Å². The molecule has 2 heterocycles. The smallest absolute Gasteiger partial charge is 0.184 e. The summed E-state index contributed by atoms with van der Waals surface area (Å²) >= 11 is 0. The maximum atomic E-state index is 6.61. The van der Waals surface area contributed by atoms with E-state index >= 15 is 0 Å². The molecule has 5 heteroatoms. The summed E-state index contributed by atoms with van der Waals surface area (Å²) in [7, 11) is 0. The van der Waals surface area contributed by atoms with Crippen LogP contribution in [-0.2, 0) is 30.1 Å². The first-order valence-electron chi connectivity index (χ1n) is 12.8. The van der Waals surface area contributed by atoms with Gasteiger partial charge in [-0.3, -0.25) is 0 Å². The van der Waals surface area contributed by atoms with Crippen molar-refractivity contribution in [3.05, 3.63) is 97.1 Å². The lowest BCUT2D eigenvalue weighted by molar-refractivity contribution is -0.337. The predicted molar refractivity (Wildman–Crippen MR) is 137 cm³/mol.